The van der Waals surface area contributed by atoms with Crippen molar-refractivity contribution < 1.29 is 4.39 Å². The lowest BCUT2D eigenvalue weighted by Crippen LogP contribution is -2.29. The first kappa shape index (κ1) is 12.7. The van der Waals surface area contributed by atoms with Gasteiger partial charge in [-0.3, -0.25) is 15.8 Å². The minimum atomic E-state index is -0.453. The zero-order chi connectivity index (χ0) is 13.9. The highest BCUT2D eigenvalue weighted by Gasteiger charge is 2.18. The largest absolute Gasteiger partial charge is 0.271 e. The predicted molar refractivity (Wildman–Crippen MR) is 75.1 cm³/mol. The number of nitrogens with two attached hydrogens (primary N) is 1. The molecule has 5 heteroatoms. The zero-order valence-corrected chi connectivity index (χ0v) is 10.6. The lowest BCUT2D eigenvalue weighted by atomic mass is 9.96. The van der Waals surface area contributed by atoms with Crippen LogP contribution in [0.25, 0.3) is 10.9 Å². The van der Waals surface area contributed by atoms with Gasteiger partial charge in [-0.05, 0) is 23.8 Å². The molecule has 3 N–H and O–H groups in total. The van der Waals surface area contributed by atoms with Gasteiger partial charge in [-0.1, -0.05) is 18.2 Å². The summed E-state index contributed by atoms with van der Waals surface area (Å²) in [6, 6.07) is 10.7. The quantitative estimate of drug-likeness (QED) is 0.565. The Morgan fingerprint density at radius 1 is 1.05 bits per heavy atom. The topological polar surface area (TPSA) is 63.8 Å². The lowest BCUT2D eigenvalue weighted by Gasteiger charge is -2.19. The molecule has 1 unspecified atom stereocenters. The molecule has 0 saturated heterocycles. The second kappa shape index (κ2) is 5.32. The Bertz CT molecular complexity index is 739. The molecule has 3 aromatic rings. The number of pyridine rings is 2. The second-order valence-electron chi connectivity index (χ2n) is 4.41. The van der Waals surface area contributed by atoms with Gasteiger partial charge in [0, 0.05) is 23.3 Å². The molecule has 0 aliphatic carbocycles. The SMILES string of the molecule is NNC(c1ccncc1F)c1cccc2ncccc12. The van der Waals surface area contributed by atoms with Crippen LogP contribution in [0.15, 0.2) is 55.0 Å². The number of nitrogens with one attached hydrogen (secondary N) is 1. The van der Waals surface area contributed by atoms with Crippen LogP contribution in [0.2, 0.25) is 0 Å². The van der Waals surface area contributed by atoms with Gasteiger partial charge in [-0.25, -0.2) is 9.82 Å². The third-order valence-electron chi connectivity index (χ3n) is 3.27. The van der Waals surface area contributed by atoms with Crippen LogP contribution in [-0.4, -0.2) is 9.97 Å². The van der Waals surface area contributed by atoms with E-state index in [0.717, 1.165) is 16.5 Å². The lowest BCUT2D eigenvalue weighted by molar-refractivity contribution is 0.557. The fraction of sp³-hybridized carbons (Fsp3) is 0.0667. The van der Waals surface area contributed by atoms with E-state index in [-0.39, 0.29) is 0 Å². The van der Waals surface area contributed by atoms with E-state index in [0.29, 0.717) is 5.56 Å². The molecular formula is C15H13FN4. The molecule has 2 aromatic heterocycles. The van der Waals surface area contributed by atoms with Crippen LogP contribution in [0.1, 0.15) is 17.2 Å². The summed E-state index contributed by atoms with van der Waals surface area (Å²) in [5, 5.41) is 0.939. The van der Waals surface area contributed by atoms with E-state index in [1.807, 2.05) is 30.3 Å². The highest BCUT2D eigenvalue weighted by molar-refractivity contribution is 5.82. The molecule has 1 aromatic carbocycles. The number of hydrogen-bond acceptors (Lipinski definition) is 4. The van der Waals surface area contributed by atoms with Crippen LogP contribution in [0.3, 0.4) is 0 Å². The molecule has 0 spiro atoms. The summed E-state index contributed by atoms with van der Waals surface area (Å²) in [7, 11) is 0. The van der Waals surface area contributed by atoms with Crippen LogP contribution in [0.4, 0.5) is 4.39 Å². The van der Waals surface area contributed by atoms with Crippen molar-refractivity contribution in [2.75, 3.05) is 0 Å². The molecule has 3 rings (SSSR count). The first-order valence-corrected chi connectivity index (χ1v) is 6.20. The Morgan fingerprint density at radius 2 is 1.95 bits per heavy atom. The fourth-order valence-electron chi connectivity index (χ4n) is 2.35. The standard InChI is InChI=1S/C15H13FN4/c16-13-9-18-8-6-12(13)15(20-17)11-3-1-5-14-10(11)4-2-7-19-14/h1-9,15,20H,17H2. The molecule has 1 atom stereocenters. The van der Waals surface area contributed by atoms with Gasteiger partial charge in [0.2, 0.25) is 0 Å². The van der Waals surface area contributed by atoms with E-state index >= 15 is 0 Å². The average molecular weight is 268 g/mol. The number of aromatic nitrogens is 2. The van der Waals surface area contributed by atoms with Crippen molar-refractivity contribution in [2.45, 2.75) is 6.04 Å². The molecule has 0 amide bonds. The Kier molecular flexibility index (Phi) is 3.37. The molecule has 0 aliphatic heterocycles. The second-order valence-corrected chi connectivity index (χ2v) is 4.41. The summed E-state index contributed by atoms with van der Waals surface area (Å²) in [4.78, 5) is 8.06. The summed E-state index contributed by atoms with van der Waals surface area (Å²) in [6.07, 6.45) is 4.46. The number of nitrogens with zero attached hydrogens (tertiary/aromatic N) is 2. The molecule has 0 saturated carbocycles. The number of fused-ring (bicyclic) bond motifs is 1. The van der Waals surface area contributed by atoms with Crippen molar-refractivity contribution in [3.8, 4) is 0 Å². The van der Waals surface area contributed by atoms with Crippen molar-refractivity contribution in [3.05, 3.63) is 71.9 Å². The summed E-state index contributed by atoms with van der Waals surface area (Å²) < 4.78 is 13.9. The zero-order valence-electron chi connectivity index (χ0n) is 10.6. The summed E-state index contributed by atoms with van der Waals surface area (Å²) >= 11 is 0. The maximum absolute atomic E-state index is 13.9. The minimum Gasteiger partial charge on any atom is -0.271 e. The highest BCUT2D eigenvalue weighted by atomic mass is 19.1. The van der Waals surface area contributed by atoms with Crippen LogP contribution in [0.5, 0.6) is 0 Å². The molecular weight excluding hydrogens is 255 g/mol. The summed E-state index contributed by atoms with van der Waals surface area (Å²) in [5.74, 6) is 5.25. The van der Waals surface area contributed by atoms with E-state index in [2.05, 4.69) is 15.4 Å². The fourth-order valence-corrected chi connectivity index (χ4v) is 2.35. The van der Waals surface area contributed by atoms with E-state index in [4.69, 9.17) is 5.84 Å². The third kappa shape index (κ3) is 2.13. The van der Waals surface area contributed by atoms with Crippen molar-refractivity contribution in [2.24, 2.45) is 5.84 Å². The summed E-state index contributed by atoms with van der Waals surface area (Å²) in [5.41, 5.74) is 4.85. The maximum Gasteiger partial charge on any atom is 0.146 e. The minimum absolute atomic E-state index is 0.392. The van der Waals surface area contributed by atoms with Gasteiger partial charge < -0.3 is 0 Å². The van der Waals surface area contributed by atoms with Crippen LogP contribution >= 0.6 is 0 Å². The number of benzene rings is 1. The van der Waals surface area contributed by atoms with Crippen molar-refractivity contribution in [1.29, 1.82) is 0 Å². The monoisotopic (exact) mass is 268 g/mol. The Labute approximate surface area is 115 Å². The summed E-state index contributed by atoms with van der Waals surface area (Å²) in [6.45, 7) is 0. The smallest absolute Gasteiger partial charge is 0.146 e. The van der Waals surface area contributed by atoms with Crippen molar-refractivity contribution in [1.82, 2.24) is 15.4 Å². The Hall–Kier alpha value is -2.37. The van der Waals surface area contributed by atoms with Gasteiger partial charge in [0.25, 0.3) is 0 Å². The molecule has 0 bridgehead atoms. The number of halogens is 1. The van der Waals surface area contributed by atoms with Crippen LogP contribution < -0.4 is 11.3 Å². The molecule has 0 radical (unpaired) electrons. The van der Waals surface area contributed by atoms with Gasteiger partial charge in [0.1, 0.15) is 5.82 Å². The van der Waals surface area contributed by atoms with E-state index in [1.165, 1.54) is 6.20 Å². The molecule has 0 aliphatic rings. The average Bonchev–Trinajstić information content (AvgIpc) is 2.50. The van der Waals surface area contributed by atoms with Gasteiger partial charge in [-0.15, -0.1) is 0 Å². The normalized spacial score (nSPS) is 12.5. The van der Waals surface area contributed by atoms with Crippen molar-refractivity contribution in [3.63, 3.8) is 0 Å². The molecule has 20 heavy (non-hydrogen) atoms. The number of rotatable bonds is 3. The van der Waals surface area contributed by atoms with Gasteiger partial charge in [-0.2, -0.15) is 0 Å². The Morgan fingerprint density at radius 3 is 2.75 bits per heavy atom. The van der Waals surface area contributed by atoms with Crippen molar-refractivity contribution >= 4 is 10.9 Å². The highest BCUT2D eigenvalue weighted by Crippen LogP contribution is 2.28. The first-order chi connectivity index (χ1) is 9.81. The number of hydrogen-bond donors (Lipinski definition) is 2. The van der Waals surface area contributed by atoms with Gasteiger partial charge in [0.05, 0.1) is 17.8 Å². The van der Waals surface area contributed by atoms with Gasteiger partial charge >= 0.3 is 0 Å². The van der Waals surface area contributed by atoms with E-state index < -0.39 is 11.9 Å². The maximum atomic E-state index is 13.9. The molecule has 2 heterocycles. The van der Waals surface area contributed by atoms with Crippen LogP contribution in [-0.2, 0) is 0 Å². The predicted octanol–water partition coefficient (Wildman–Crippen LogP) is 2.32. The van der Waals surface area contributed by atoms with E-state index in [9.17, 15) is 4.39 Å². The van der Waals surface area contributed by atoms with E-state index in [1.54, 1.807) is 18.5 Å². The number of hydrazine groups is 1. The first-order valence-electron chi connectivity index (χ1n) is 6.20. The molecule has 0 fully saturated rings. The van der Waals surface area contributed by atoms with Gasteiger partial charge in [0.15, 0.2) is 0 Å². The molecule has 4 nitrogen and oxygen atoms in total. The third-order valence-corrected chi connectivity index (χ3v) is 3.27. The Balaban J connectivity index is 2.20. The molecule has 100 valence electrons. The van der Waals surface area contributed by atoms with Crippen LogP contribution in [0, 0.1) is 5.82 Å².